The summed E-state index contributed by atoms with van der Waals surface area (Å²) < 4.78 is 30.3. The fraction of sp³-hybridized carbons (Fsp3) is 0.583. The van der Waals surface area contributed by atoms with Crippen LogP contribution in [0.4, 0.5) is 4.39 Å². The predicted molar refractivity (Wildman–Crippen MR) is 126 cm³/mol. The lowest BCUT2D eigenvalue weighted by atomic mass is 9.99. The van der Waals surface area contributed by atoms with Crippen LogP contribution in [0.25, 0.3) is 5.78 Å². The molecule has 11 heteroatoms. The largest absolute Gasteiger partial charge is 0.496 e. The molecule has 0 spiro atoms. The average Bonchev–Trinajstić information content (AvgIpc) is 3.25. The summed E-state index contributed by atoms with van der Waals surface area (Å²) in [5, 5.41) is 4.12. The number of halogens is 1. The summed E-state index contributed by atoms with van der Waals surface area (Å²) in [5.74, 6) is 1.50. The van der Waals surface area contributed by atoms with E-state index in [2.05, 4.69) is 15.0 Å². The highest BCUT2D eigenvalue weighted by Gasteiger charge is 2.42. The van der Waals surface area contributed by atoms with Gasteiger partial charge in [0.2, 0.25) is 5.78 Å². The summed E-state index contributed by atoms with van der Waals surface area (Å²) in [4.78, 5) is 31.3. The van der Waals surface area contributed by atoms with Crippen LogP contribution in [0.15, 0.2) is 33.9 Å². The second-order valence-corrected chi connectivity index (χ2v) is 9.50. The van der Waals surface area contributed by atoms with Gasteiger partial charge < -0.3 is 9.47 Å². The van der Waals surface area contributed by atoms with Crippen molar-refractivity contribution in [2.24, 2.45) is 7.05 Å². The predicted octanol–water partition coefficient (Wildman–Crippen LogP) is 1.46. The standard InChI is InChI=1S/C24H31FN6O4/c1-15-27-31-22(28(15)2)26-23(32)30(24(31)33)13-17(25)12-29-18-8-9-19(29)11-20(10-18)35-14-16-6-4-5-7-21(16)34-3/h4-7,17-20H,8-14H2,1-3H3. The van der Waals surface area contributed by atoms with E-state index in [9.17, 15) is 9.59 Å². The first-order chi connectivity index (χ1) is 16.9. The first-order valence-electron chi connectivity index (χ1n) is 12.0. The molecule has 2 aromatic heterocycles. The van der Waals surface area contributed by atoms with Crippen molar-refractivity contribution in [2.75, 3.05) is 13.7 Å². The molecule has 0 saturated carbocycles. The Hall–Kier alpha value is -3.05. The van der Waals surface area contributed by atoms with Crippen molar-refractivity contribution in [1.82, 2.24) is 28.6 Å². The lowest BCUT2D eigenvalue weighted by Gasteiger charge is -2.39. The molecule has 1 aromatic carbocycles. The second-order valence-electron chi connectivity index (χ2n) is 9.50. The van der Waals surface area contributed by atoms with E-state index < -0.39 is 17.6 Å². The SMILES string of the molecule is COc1ccccc1COC1CC2CCC(C1)N2CC(F)Cn1c(=O)nc2n(C)c(C)nn2c1=O. The van der Waals surface area contributed by atoms with E-state index in [-0.39, 0.29) is 37.1 Å². The van der Waals surface area contributed by atoms with Crippen molar-refractivity contribution in [3.8, 4) is 5.75 Å². The second kappa shape index (κ2) is 9.54. The van der Waals surface area contributed by atoms with E-state index in [0.29, 0.717) is 12.4 Å². The number of benzene rings is 1. The van der Waals surface area contributed by atoms with Crippen molar-refractivity contribution in [3.63, 3.8) is 0 Å². The van der Waals surface area contributed by atoms with Gasteiger partial charge in [0.25, 0.3) is 0 Å². The van der Waals surface area contributed by atoms with Gasteiger partial charge in [-0.05, 0) is 38.7 Å². The van der Waals surface area contributed by atoms with E-state index in [1.165, 1.54) is 0 Å². The summed E-state index contributed by atoms with van der Waals surface area (Å²) in [7, 11) is 3.32. The quantitative estimate of drug-likeness (QED) is 0.476. The molecule has 0 N–H and O–H groups in total. The van der Waals surface area contributed by atoms with Gasteiger partial charge in [0, 0.05) is 31.2 Å². The number of aryl methyl sites for hydroxylation is 2. The number of hydrogen-bond acceptors (Lipinski definition) is 7. The van der Waals surface area contributed by atoms with Gasteiger partial charge in [-0.2, -0.15) is 4.98 Å². The number of para-hydroxylation sites is 1. The van der Waals surface area contributed by atoms with Crippen molar-refractivity contribution in [3.05, 3.63) is 56.6 Å². The lowest BCUT2D eigenvalue weighted by molar-refractivity contribution is -0.0345. The minimum absolute atomic E-state index is 0.109. The number of nitrogens with zero attached hydrogens (tertiary/aromatic N) is 6. The Kier molecular flexibility index (Phi) is 6.45. The molecule has 0 radical (unpaired) electrons. The van der Waals surface area contributed by atoms with E-state index in [1.807, 2.05) is 24.3 Å². The van der Waals surface area contributed by atoms with Crippen LogP contribution >= 0.6 is 0 Å². The molecule has 5 rings (SSSR count). The summed E-state index contributed by atoms with van der Waals surface area (Å²) >= 11 is 0. The Balaban J connectivity index is 1.22. The first kappa shape index (κ1) is 23.7. The van der Waals surface area contributed by atoms with Crippen LogP contribution in [0.1, 0.15) is 37.1 Å². The van der Waals surface area contributed by atoms with E-state index >= 15 is 4.39 Å². The Morgan fingerprint density at radius 3 is 2.57 bits per heavy atom. The van der Waals surface area contributed by atoms with Gasteiger partial charge in [-0.25, -0.2) is 18.5 Å². The highest BCUT2D eigenvalue weighted by atomic mass is 19.1. The zero-order valence-electron chi connectivity index (χ0n) is 20.3. The Morgan fingerprint density at radius 2 is 1.86 bits per heavy atom. The first-order valence-corrected chi connectivity index (χ1v) is 12.0. The van der Waals surface area contributed by atoms with Crippen LogP contribution in [-0.2, 0) is 24.9 Å². The lowest BCUT2D eigenvalue weighted by Crippen LogP contribution is -2.49. The van der Waals surface area contributed by atoms with E-state index in [4.69, 9.17) is 9.47 Å². The summed E-state index contributed by atoms with van der Waals surface area (Å²) in [6.45, 7) is 2.02. The molecular weight excluding hydrogens is 455 g/mol. The van der Waals surface area contributed by atoms with Gasteiger partial charge in [0.05, 0.1) is 26.4 Å². The van der Waals surface area contributed by atoms with Gasteiger partial charge in [-0.1, -0.05) is 18.2 Å². The zero-order chi connectivity index (χ0) is 24.7. The molecule has 2 aliphatic rings. The molecule has 2 aliphatic heterocycles. The van der Waals surface area contributed by atoms with Crippen molar-refractivity contribution < 1.29 is 13.9 Å². The van der Waals surface area contributed by atoms with Gasteiger partial charge in [-0.3, -0.25) is 9.47 Å². The third-order valence-electron chi connectivity index (χ3n) is 7.36. The number of rotatable bonds is 8. The highest BCUT2D eigenvalue weighted by molar-refractivity contribution is 5.32. The minimum atomic E-state index is -1.38. The number of piperidine rings is 1. The van der Waals surface area contributed by atoms with Crippen LogP contribution < -0.4 is 16.1 Å². The molecule has 0 amide bonds. The Labute approximate surface area is 201 Å². The van der Waals surface area contributed by atoms with Gasteiger partial charge >= 0.3 is 11.4 Å². The van der Waals surface area contributed by atoms with Gasteiger partial charge in [0.15, 0.2) is 0 Å². The molecule has 3 atom stereocenters. The number of ether oxygens (including phenoxy) is 2. The monoisotopic (exact) mass is 486 g/mol. The third kappa shape index (κ3) is 4.50. The summed E-state index contributed by atoms with van der Waals surface area (Å²) in [6.07, 6.45) is 2.39. The fourth-order valence-electron chi connectivity index (χ4n) is 5.47. The third-order valence-corrected chi connectivity index (χ3v) is 7.36. The molecule has 3 unspecified atom stereocenters. The van der Waals surface area contributed by atoms with Crippen LogP contribution in [0.3, 0.4) is 0 Å². The highest BCUT2D eigenvalue weighted by Crippen LogP contribution is 2.37. The van der Waals surface area contributed by atoms with Crippen LogP contribution in [-0.4, -0.2) is 66.6 Å². The van der Waals surface area contributed by atoms with E-state index in [0.717, 1.165) is 46.1 Å². The molecule has 35 heavy (non-hydrogen) atoms. The Bertz CT molecular complexity index is 1320. The summed E-state index contributed by atoms with van der Waals surface area (Å²) in [5.41, 5.74) is -0.413. The van der Waals surface area contributed by atoms with Crippen molar-refractivity contribution in [2.45, 2.75) is 70.1 Å². The number of hydrogen-bond donors (Lipinski definition) is 0. The molecule has 0 aliphatic carbocycles. The molecular formula is C24H31FN6O4. The van der Waals surface area contributed by atoms with Crippen LogP contribution in [0.2, 0.25) is 0 Å². The summed E-state index contributed by atoms with van der Waals surface area (Å²) in [6, 6.07) is 8.28. The molecule has 2 fully saturated rings. The fourth-order valence-corrected chi connectivity index (χ4v) is 5.47. The van der Waals surface area contributed by atoms with Gasteiger partial charge in [-0.15, -0.1) is 9.61 Å². The maximum absolute atomic E-state index is 15.2. The van der Waals surface area contributed by atoms with E-state index in [1.54, 1.807) is 25.6 Å². The zero-order valence-corrected chi connectivity index (χ0v) is 20.3. The Morgan fingerprint density at radius 1 is 1.14 bits per heavy atom. The average molecular weight is 487 g/mol. The van der Waals surface area contributed by atoms with Crippen molar-refractivity contribution in [1.29, 1.82) is 0 Å². The smallest absolute Gasteiger partial charge is 0.356 e. The van der Waals surface area contributed by atoms with Gasteiger partial charge in [0.1, 0.15) is 17.7 Å². The number of fused-ring (bicyclic) bond motifs is 3. The van der Waals surface area contributed by atoms with Crippen LogP contribution in [0.5, 0.6) is 5.75 Å². The molecule has 2 bridgehead atoms. The topological polar surface area (TPSA) is 95.9 Å². The number of aromatic nitrogens is 5. The molecule has 188 valence electrons. The minimum Gasteiger partial charge on any atom is -0.496 e. The molecule has 3 aromatic rings. The van der Waals surface area contributed by atoms with Crippen LogP contribution in [0, 0.1) is 6.92 Å². The maximum atomic E-state index is 15.2. The number of alkyl halides is 1. The molecule has 2 saturated heterocycles. The molecule has 10 nitrogen and oxygen atoms in total. The maximum Gasteiger partial charge on any atom is 0.356 e. The molecule has 4 heterocycles. The normalized spacial score (nSPS) is 23.1. The number of methoxy groups -OCH3 is 1. The van der Waals surface area contributed by atoms with Crippen molar-refractivity contribution >= 4 is 5.78 Å².